The van der Waals surface area contributed by atoms with Gasteiger partial charge in [0.25, 0.3) is 0 Å². The van der Waals surface area contributed by atoms with Crippen molar-refractivity contribution in [1.82, 2.24) is 5.43 Å². The largest absolute Gasteiger partial charge is 0.495 e. The van der Waals surface area contributed by atoms with Crippen LogP contribution in [0.3, 0.4) is 0 Å². The lowest BCUT2D eigenvalue weighted by atomic mass is 10.2. The second kappa shape index (κ2) is 11.9. The van der Waals surface area contributed by atoms with Crippen LogP contribution in [-0.2, 0) is 14.4 Å². The highest BCUT2D eigenvalue weighted by Gasteiger charge is 2.18. The number of carbonyl (C=O) groups excluding carboxylic acids is 3. The minimum Gasteiger partial charge on any atom is -0.495 e. The van der Waals surface area contributed by atoms with E-state index in [1.165, 1.54) is 46.5 Å². The van der Waals surface area contributed by atoms with Gasteiger partial charge in [0.15, 0.2) is 0 Å². The first-order valence-electron chi connectivity index (χ1n) is 9.37. The van der Waals surface area contributed by atoms with E-state index in [2.05, 4.69) is 21.2 Å². The Hall–Kier alpha value is -3.50. The maximum absolute atomic E-state index is 12.2. The van der Waals surface area contributed by atoms with Crippen molar-refractivity contribution < 1.29 is 28.6 Å². The molecule has 3 N–H and O–H groups in total. The molecule has 176 valence electrons. The Morgan fingerprint density at radius 1 is 0.848 bits per heavy atom. The molecule has 0 aliphatic rings. The first kappa shape index (κ1) is 25.8. The van der Waals surface area contributed by atoms with E-state index in [1.807, 2.05) is 0 Å². The van der Waals surface area contributed by atoms with Gasteiger partial charge in [0.2, 0.25) is 5.91 Å². The predicted molar refractivity (Wildman–Crippen MR) is 126 cm³/mol. The summed E-state index contributed by atoms with van der Waals surface area (Å²) >= 11 is 12.0. The zero-order chi connectivity index (χ0) is 24.5. The first-order chi connectivity index (χ1) is 15.7. The van der Waals surface area contributed by atoms with Crippen molar-refractivity contribution in [2.24, 2.45) is 5.10 Å². The number of amides is 3. The summed E-state index contributed by atoms with van der Waals surface area (Å²) in [7, 11) is 4.27. The topological polar surface area (TPSA) is 127 Å². The van der Waals surface area contributed by atoms with Gasteiger partial charge in [-0.05, 0) is 25.1 Å². The molecule has 0 spiro atoms. The van der Waals surface area contributed by atoms with Crippen LogP contribution in [0.4, 0.5) is 11.4 Å². The summed E-state index contributed by atoms with van der Waals surface area (Å²) in [5.41, 5.74) is 3.00. The van der Waals surface area contributed by atoms with Crippen LogP contribution < -0.4 is 30.3 Å². The Labute approximate surface area is 200 Å². The number of hydrogen-bond donors (Lipinski definition) is 3. The Kier molecular flexibility index (Phi) is 9.31. The Morgan fingerprint density at radius 2 is 1.48 bits per heavy atom. The van der Waals surface area contributed by atoms with Gasteiger partial charge in [-0.2, -0.15) is 5.10 Å². The molecule has 3 amide bonds. The number of rotatable bonds is 8. The highest BCUT2D eigenvalue weighted by Crippen LogP contribution is 2.35. The van der Waals surface area contributed by atoms with Crippen molar-refractivity contribution in [1.29, 1.82) is 0 Å². The van der Waals surface area contributed by atoms with E-state index < -0.39 is 17.7 Å². The molecular formula is C21H22Cl2N4O6. The highest BCUT2D eigenvalue weighted by molar-refractivity contribution is 6.40. The summed E-state index contributed by atoms with van der Waals surface area (Å²) in [6.45, 7) is 1.52. The van der Waals surface area contributed by atoms with Gasteiger partial charge < -0.3 is 24.8 Å². The maximum Gasteiger partial charge on any atom is 0.329 e. The molecule has 0 aliphatic heterocycles. The molecule has 0 aliphatic carbocycles. The van der Waals surface area contributed by atoms with Crippen LogP contribution in [0.1, 0.15) is 13.3 Å². The maximum atomic E-state index is 12.2. The van der Waals surface area contributed by atoms with Crippen LogP contribution in [0.25, 0.3) is 0 Å². The molecule has 0 unspecified atom stereocenters. The van der Waals surface area contributed by atoms with Crippen molar-refractivity contribution in [3.63, 3.8) is 0 Å². The van der Waals surface area contributed by atoms with Crippen LogP contribution in [0.15, 0.2) is 35.4 Å². The molecule has 0 fully saturated rings. The summed E-state index contributed by atoms with van der Waals surface area (Å²) in [5, 5.41) is 9.43. The molecule has 2 aromatic carbocycles. The van der Waals surface area contributed by atoms with E-state index in [-0.39, 0.29) is 34.3 Å². The van der Waals surface area contributed by atoms with E-state index in [0.717, 1.165) is 0 Å². The van der Waals surface area contributed by atoms with Gasteiger partial charge in [-0.15, -0.1) is 0 Å². The molecule has 2 aromatic rings. The first-order valence-corrected chi connectivity index (χ1v) is 10.1. The van der Waals surface area contributed by atoms with E-state index in [1.54, 1.807) is 12.1 Å². The molecule has 12 heteroatoms. The van der Waals surface area contributed by atoms with Crippen molar-refractivity contribution in [2.45, 2.75) is 13.3 Å². The highest BCUT2D eigenvalue weighted by atomic mass is 35.5. The number of nitrogens with one attached hydrogen (secondary N) is 3. The van der Waals surface area contributed by atoms with E-state index in [9.17, 15) is 14.4 Å². The third-order valence-corrected chi connectivity index (χ3v) is 4.72. The second-order valence-electron chi connectivity index (χ2n) is 6.50. The molecule has 0 heterocycles. The number of hydrogen-bond acceptors (Lipinski definition) is 7. The second-order valence-corrected chi connectivity index (χ2v) is 7.32. The fourth-order valence-electron chi connectivity index (χ4n) is 2.56. The minimum atomic E-state index is -1.05. The van der Waals surface area contributed by atoms with Crippen molar-refractivity contribution in [3.05, 3.63) is 40.4 Å². The van der Waals surface area contributed by atoms with Crippen molar-refractivity contribution in [2.75, 3.05) is 32.0 Å². The lowest BCUT2D eigenvalue weighted by Crippen LogP contribution is -2.33. The number of hydrazone groups is 1. The SMILES string of the molecule is COc1ccc(NC(=O)C/C(C)=N/NC(=O)C(=O)Nc2cc(OC)c(Cl)cc2OC)cc1Cl. The van der Waals surface area contributed by atoms with Crippen molar-refractivity contribution >= 4 is 58.0 Å². The van der Waals surface area contributed by atoms with Gasteiger partial charge in [-0.3, -0.25) is 14.4 Å². The number of methoxy groups -OCH3 is 3. The lowest BCUT2D eigenvalue weighted by molar-refractivity contribution is -0.136. The fourth-order valence-corrected chi connectivity index (χ4v) is 3.04. The fraction of sp³-hybridized carbons (Fsp3) is 0.238. The molecule has 0 atom stereocenters. The summed E-state index contributed by atoms with van der Waals surface area (Å²) in [5.74, 6) is -1.46. The number of ether oxygens (including phenoxy) is 3. The van der Waals surface area contributed by atoms with Gasteiger partial charge in [-0.1, -0.05) is 23.2 Å². The molecule has 0 radical (unpaired) electrons. The lowest BCUT2D eigenvalue weighted by Gasteiger charge is -2.12. The molecule has 0 bridgehead atoms. The van der Waals surface area contributed by atoms with Crippen LogP contribution in [0, 0.1) is 0 Å². The van der Waals surface area contributed by atoms with Crippen molar-refractivity contribution in [3.8, 4) is 17.2 Å². The smallest absolute Gasteiger partial charge is 0.329 e. The predicted octanol–water partition coefficient (Wildman–Crippen LogP) is 3.48. The molecule has 33 heavy (non-hydrogen) atoms. The number of anilines is 2. The summed E-state index contributed by atoms with van der Waals surface area (Å²) in [4.78, 5) is 36.5. The number of halogens is 2. The Bertz CT molecular complexity index is 1090. The summed E-state index contributed by atoms with van der Waals surface area (Å²) < 4.78 is 15.3. The Balaban J connectivity index is 1.94. The quantitative estimate of drug-likeness (QED) is 0.291. The van der Waals surface area contributed by atoms with Gasteiger partial charge in [0, 0.05) is 23.5 Å². The summed E-state index contributed by atoms with van der Waals surface area (Å²) in [6.07, 6.45) is -0.131. The van der Waals surface area contributed by atoms with Gasteiger partial charge >= 0.3 is 11.8 Å². The van der Waals surface area contributed by atoms with E-state index in [4.69, 9.17) is 37.4 Å². The normalized spacial score (nSPS) is 10.8. The van der Waals surface area contributed by atoms with E-state index >= 15 is 0 Å². The third kappa shape index (κ3) is 7.26. The van der Waals surface area contributed by atoms with Gasteiger partial charge in [-0.25, -0.2) is 5.43 Å². The van der Waals surface area contributed by atoms with Crippen LogP contribution in [-0.4, -0.2) is 44.8 Å². The van der Waals surface area contributed by atoms with Gasteiger partial charge in [0.1, 0.15) is 17.2 Å². The minimum absolute atomic E-state index is 0.131. The molecule has 0 aromatic heterocycles. The third-order valence-electron chi connectivity index (χ3n) is 4.13. The monoisotopic (exact) mass is 496 g/mol. The van der Waals surface area contributed by atoms with Crippen LogP contribution >= 0.6 is 23.2 Å². The van der Waals surface area contributed by atoms with Gasteiger partial charge in [0.05, 0.1) is 43.5 Å². The molecule has 2 rings (SSSR count). The molecule has 0 saturated carbocycles. The van der Waals surface area contributed by atoms with Crippen LogP contribution in [0.5, 0.6) is 17.2 Å². The Morgan fingerprint density at radius 3 is 2.09 bits per heavy atom. The average Bonchev–Trinajstić information content (AvgIpc) is 2.78. The molecule has 0 saturated heterocycles. The number of carbonyl (C=O) groups is 3. The molecular weight excluding hydrogens is 475 g/mol. The van der Waals surface area contributed by atoms with E-state index in [0.29, 0.717) is 16.5 Å². The zero-order valence-electron chi connectivity index (χ0n) is 18.2. The van der Waals surface area contributed by atoms with Crippen LogP contribution in [0.2, 0.25) is 10.0 Å². The standard InChI is InChI=1S/C21H22Cl2N4O6/c1-11(7-19(28)24-12-5-6-16(31-2)13(22)8-12)26-27-21(30)20(29)25-15-10-17(32-3)14(23)9-18(15)33-4/h5-6,8-10H,7H2,1-4H3,(H,24,28)(H,25,29)(H,27,30)/b26-11+. The summed E-state index contributed by atoms with van der Waals surface area (Å²) in [6, 6.07) is 7.63. The number of benzene rings is 2. The molecule has 10 nitrogen and oxygen atoms in total. The number of nitrogens with zero attached hydrogens (tertiary/aromatic N) is 1. The zero-order valence-corrected chi connectivity index (χ0v) is 19.8. The average molecular weight is 497 g/mol.